The second-order valence-electron chi connectivity index (χ2n) is 20.5. The average molecular weight is 1130 g/mol. The minimum atomic E-state index is -0.557. The average Bonchev–Trinajstić information content (AvgIpc) is 3.49. The van der Waals surface area contributed by atoms with Crippen molar-refractivity contribution < 1.29 is 14.0 Å². The Kier molecular flexibility index (Phi) is 17.3. The van der Waals surface area contributed by atoms with Gasteiger partial charge in [-0.2, -0.15) is 25.4 Å². The van der Waals surface area contributed by atoms with E-state index in [0.29, 0.717) is 77.8 Å². The van der Waals surface area contributed by atoms with Crippen molar-refractivity contribution in [3.8, 4) is 28.7 Å². The first-order chi connectivity index (χ1) is 37.6. The van der Waals surface area contributed by atoms with Gasteiger partial charge >= 0.3 is 11.4 Å². The van der Waals surface area contributed by atoms with Gasteiger partial charge in [-0.25, -0.2) is 33.1 Å². The predicted octanol–water partition coefficient (Wildman–Crippen LogP) is 9.92. The number of rotatable bonds is 11. The zero-order valence-corrected chi connectivity index (χ0v) is 47.6. The highest BCUT2D eigenvalue weighted by molar-refractivity contribution is 6.41. The molecular formula is C57H60Cl3FN14O4. The summed E-state index contributed by atoms with van der Waals surface area (Å²) in [5.41, 5.74) is 4.07. The Morgan fingerprint density at radius 2 is 1.37 bits per heavy atom. The number of piperazine rings is 2. The van der Waals surface area contributed by atoms with Gasteiger partial charge in [0.05, 0.1) is 74.0 Å². The molecule has 2 fully saturated rings. The molecule has 1 unspecified atom stereocenters. The van der Waals surface area contributed by atoms with Gasteiger partial charge < -0.3 is 19.6 Å². The van der Waals surface area contributed by atoms with E-state index in [4.69, 9.17) is 39.8 Å². The fraction of sp³-hybridized carbons (Fsp3) is 0.368. The van der Waals surface area contributed by atoms with Gasteiger partial charge in [-0.3, -0.25) is 14.6 Å². The molecule has 7 aromatic rings. The highest BCUT2D eigenvalue weighted by atomic mass is 35.5. The van der Waals surface area contributed by atoms with Crippen LogP contribution in [0.15, 0.2) is 89.8 Å². The van der Waals surface area contributed by atoms with Gasteiger partial charge in [0.25, 0.3) is 0 Å². The van der Waals surface area contributed by atoms with Crippen molar-refractivity contribution in [3.63, 3.8) is 0 Å². The monoisotopic (exact) mass is 1130 g/mol. The van der Waals surface area contributed by atoms with Crippen LogP contribution in [-0.4, -0.2) is 117 Å². The molecule has 9 rings (SSSR count). The molecule has 2 amide bonds. The van der Waals surface area contributed by atoms with E-state index in [1.807, 2.05) is 78.2 Å². The lowest BCUT2D eigenvalue weighted by atomic mass is 9.98. The van der Waals surface area contributed by atoms with E-state index in [0.717, 1.165) is 16.8 Å². The molecule has 2 aliphatic rings. The molecule has 2 aliphatic heterocycles. The minimum Gasteiger partial charge on any atom is -0.352 e. The molecule has 1 aromatic carbocycles. The number of nitrogens with zero attached hydrogens (tertiary/aromatic N) is 14. The molecular weight excluding hydrogens is 1070 g/mol. The Morgan fingerprint density at radius 1 is 0.772 bits per heavy atom. The first-order valence-corrected chi connectivity index (χ1v) is 27.0. The fourth-order valence-corrected chi connectivity index (χ4v) is 11.0. The molecule has 410 valence electrons. The number of aromatic nitrogens is 9. The molecule has 18 nitrogen and oxygen atoms in total. The van der Waals surface area contributed by atoms with Gasteiger partial charge in [-0.1, -0.05) is 102 Å². The van der Waals surface area contributed by atoms with Crippen LogP contribution in [0, 0.1) is 24.1 Å². The van der Waals surface area contributed by atoms with E-state index in [1.165, 1.54) is 27.4 Å². The van der Waals surface area contributed by atoms with Crippen molar-refractivity contribution in [1.29, 1.82) is 5.26 Å². The number of pyridine rings is 3. The van der Waals surface area contributed by atoms with Crippen LogP contribution in [0.4, 0.5) is 16.0 Å². The Labute approximate surface area is 471 Å². The van der Waals surface area contributed by atoms with Crippen molar-refractivity contribution in [1.82, 2.24) is 54.1 Å². The third-order valence-electron chi connectivity index (χ3n) is 14.1. The maximum Gasteiger partial charge on any atom is 0.355 e. The van der Waals surface area contributed by atoms with Gasteiger partial charge in [0.1, 0.15) is 22.6 Å². The number of halogens is 4. The van der Waals surface area contributed by atoms with Crippen molar-refractivity contribution in [2.24, 2.45) is 0 Å². The summed E-state index contributed by atoms with van der Waals surface area (Å²) in [6, 6.07) is 12.8. The maximum atomic E-state index is 15.0. The molecule has 0 spiro atoms. The largest absolute Gasteiger partial charge is 0.355 e. The lowest BCUT2D eigenvalue weighted by Crippen LogP contribution is -2.58. The van der Waals surface area contributed by atoms with E-state index in [-0.39, 0.29) is 80.2 Å². The van der Waals surface area contributed by atoms with E-state index >= 15 is 4.39 Å². The number of aryl methyl sites for hydroxylation is 1. The first-order valence-electron chi connectivity index (χ1n) is 25.8. The summed E-state index contributed by atoms with van der Waals surface area (Å²) in [5.74, 6) is -0.146. The highest BCUT2D eigenvalue weighted by Gasteiger charge is 2.36. The number of carbonyl (C=O) groups excluding carboxylic acids is 2. The Balaban J connectivity index is 0.000000211. The van der Waals surface area contributed by atoms with Crippen LogP contribution in [0.5, 0.6) is 0 Å². The number of nitriles is 1. The number of hydrogen-bond donors (Lipinski definition) is 0. The van der Waals surface area contributed by atoms with Crippen LogP contribution in [-0.2, 0) is 9.59 Å². The molecule has 79 heavy (non-hydrogen) atoms. The van der Waals surface area contributed by atoms with E-state index < -0.39 is 23.2 Å². The molecule has 0 saturated carbocycles. The maximum absolute atomic E-state index is 15.0. The van der Waals surface area contributed by atoms with Crippen LogP contribution in [0.3, 0.4) is 0 Å². The van der Waals surface area contributed by atoms with Crippen LogP contribution in [0.25, 0.3) is 44.7 Å². The van der Waals surface area contributed by atoms with Crippen LogP contribution < -0.4 is 21.2 Å². The van der Waals surface area contributed by atoms with Gasteiger partial charge in [0.2, 0.25) is 11.8 Å². The molecule has 0 bridgehead atoms. The van der Waals surface area contributed by atoms with Gasteiger partial charge in [0, 0.05) is 62.1 Å². The number of fused-ring (bicyclic) bond motifs is 2. The summed E-state index contributed by atoms with van der Waals surface area (Å²) >= 11 is 19.5. The summed E-state index contributed by atoms with van der Waals surface area (Å²) in [7, 11) is 0. The predicted molar refractivity (Wildman–Crippen MR) is 307 cm³/mol. The zero-order valence-electron chi connectivity index (χ0n) is 45.4. The number of anilines is 2. The summed E-state index contributed by atoms with van der Waals surface area (Å²) in [6.07, 6.45) is 6.04. The number of carbonyl (C=O) groups is 2. The lowest BCUT2D eigenvalue weighted by molar-refractivity contribution is -0.131. The standard InChI is InChI=1S/C32H35ClFN7O2.C25H25Cl2N7O2/c1-8-26(42)40-19(6)15-39(16-20(40)7)30-22-13-24(33)28(21-11-9-10-12-25(21)34)36-31(22)41(32(43)37-30)29-23(17(2)3)14-35-38-27(29)18(4)5;1-5-19(35)33-11-10-32(13-16(33)6-8-28)23-17-12-18(26)22(27)30-24(17)34(25(36)31-23)21-15(4)7-9-29-20(21)14(2)3/h8-14,17-20H,1,15-16H2,2-7H3;5,7,9,12,14,16H,1,6,10-11,13H2,2-4H3/t19-,20+;. The van der Waals surface area contributed by atoms with E-state index in [1.54, 1.807) is 52.5 Å². The third kappa shape index (κ3) is 11.2. The summed E-state index contributed by atoms with van der Waals surface area (Å²) < 4.78 is 17.9. The molecule has 0 N–H and O–H groups in total. The van der Waals surface area contributed by atoms with Crippen LogP contribution in [0.1, 0.15) is 102 Å². The molecule has 2 saturated heterocycles. The van der Waals surface area contributed by atoms with E-state index in [9.17, 15) is 24.4 Å². The van der Waals surface area contributed by atoms with Gasteiger partial charge in [0.15, 0.2) is 11.3 Å². The second kappa shape index (κ2) is 23.7. The van der Waals surface area contributed by atoms with Crippen molar-refractivity contribution >= 4 is 80.3 Å². The fourth-order valence-electron chi connectivity index (χ4n) is 10.4. The summed E-state index contributed by atoms with van der Waals surface area (Å²) in [4.78, 5) is 82.9. The normalized spacial score (nSPS) is 16.6. The number of benzene rings is 1. The summed E-state index contributed by atoms with van der Waals surface area (Å²) in [5, 5.41) is 19.5. The van der Waals surface area contributed by atoms with Gasteiger partial charge in [-0.05, 0) is 86.6 Å². The first kappa shape index (κ1) is 57.5. The molecule has 0 aliphatic carbocycles. The Morgan fingerprint density at radius 3 is 1.96 bits per heavy atom. The molecule has 0 radical (unpaired) electrons. The second-order valence-corrected chi connectivity index (χ2v) is 21.7. The topological polar surface area (TPSA) is 205 Å². The quantitative estimate of drug-likeness (QED) is 0.0874. The summed E-state index contributed by atoms with van der Waals surface area (Å²) in [6.45, 7) is 26.9. The molecule has 3 atom stereocenters. The lowest BCUT2D eigenvalue weighted by Gasteiger charge is -2.44. The third-order valence-corrected chi connectivity index (χ3v) is 15.1. The Bertz CT molecular complexity index is 3690. The van der Waals surface area contributed by atoms with Crippen LogP contribution in [0.2, 0.25) is 15.2 Å². The van der Waals surface area contributed by atoms with Crippen molar-refractivity contribution in [3.05, 3.63) is 145 Å². The smallest absolute Gasteiger partial charge is 0.352 e. The minimum absolute atomic E-state index is 0.000128. The zero-order chi connectivity index (χ0) is 57.3. The number of hydrogen-bond acceptors (Lipinski definition) is 14. The highest BCUT2D eigenvalue weighted by Crippen LogP contribution is 2.38. The SMILES string of the molecule is C=CC(=O)N1CCN(c2nc(=O)n(-c3c(C)ccnc3C(C)C)c3nc(Cl)c(Cl)cc23)CC1CC#N.C=CC(=O)N1[C@H](C)CN(c2nc(=O)n(-c3c(C(C)C)cnnc3C(C)C)c3nc(-c4ccccc4F)c(Cl)cc23)C[C@@H]1C. The molecule has 6 aromatic heterocycles. The van der Waals surface area contributed by atoms with E-state index in [2.05, 4.69) is 49.4 Å². The number of amides is 2. The van der Waals surface area contributed by atoms with Crippen molar-refractivity contribution in [2.45, 2.75) is 105 Å². The van der Waals surface area contributed by atoms with Gasteiger partial charge in [-0.15, -0.1) is 0 Å². The molecule has 8 heterocycles. The van der Waals surface area contributed by atoms with Crippen LogP contribution >= 0.6 is 34.8 Å². The van der Waals surface area contributed by atoms with Crippen molar-refractivity contribution in [2.75, 3.05) is 42.5 Å². The Hall–Kier alpha value is -7.66. The molecule has 22 heteroatoms.